The Morgan fingerprint density at radius 2 is 1.87 bits per heavy atom. The molecule has 1 amide bonds. The monoisotopic (exact) mass is 498 g/mol. The number of nitrogens with one attached hydrogen (secondary N) is 1. The molecule has 1 N–H and O–H groups in total. The first-order chi connectivity index (χ1) is 14.9. The van der Waals surface area contributed by atoms with Crippen LogP contribution in [0.25, 0.3) is 11.1 Å². The lowest BCUT2D eigenvalue weighted by Gasteiger charge is -2.31. The summed E-state index contributed by atoms with van der Waals surface area (Å²) >= 11 is 3.45. The molecule has 3 aromatic rings. The second kappa shape index (κ2) is 8.56. The average molecular weight is 499 g/mol. The number of carbonyl (C=O) groups excluding carboxylic acids is 1. The molecule has 3 aromatic carbocycles. The van der Waals surface area contributed by atoms with Gasteiger partial charge in [0.1, 0.15) is 18.9 Å². The van der Waals surface area contributed by atoms with E-state index in [-0.39, 0.29) is 11.4 Å². The number of rotatable bonds is 6. The summed E-state index contributed by atoms with van der Waals surface area (Å²) in [6.07, 6.45) is 1.63. The van der Waals surface area contributed by atoms with Crippen molar-refractivity contribution in [2.75, 3.05) is 22.8 Å². The highest BCUT2D eigenvalue weighted by Gasteiger charge is 2.35. The third kappa shape index (κ3) is 4.22. The molecule has 0 aromatic heterocycles. The standard InChI is InChI=1S/C23H19BrN2O4S/c1-2-12-30-18-7-5-6-17(14-18)25-23(27)15-26-21-11-10-16(24)13-20(21)19-8-3-4-9-22(19)31(26,28)29/h2-11,13-14H,1,12,15H2,(H,25,27). The molecular formula is C23H19BrN2O4S. The second-order valence-corrected chi connectivity index (χ2v) is 9.59. The van der Waals surface area contributed by atoms with E-state index < -0.39 is 15.9 Å². The zero-order valence-electron chi connectivity index (χ0n) is 16.4. The van der Waals surface area contributed by atoms with Crippen molar-refractivity contribution in [2.45, 2.75) is 4.90 Å². The largest absolute Gasteiger partial charge is 0.489 e. The van der Waals surface area contributed by atoms with Gasteiger partial charge in [-0.2, -0.15) is 0 Å². The summed E-state index contributed by atoms with van der Waals surface area (Å²) in [5, 5.41) is 2.75. The molecule has 0 bridgehead atoms. The van der Waals surface area contributed by atoms with Gasteiger partial charge in [0.2, 0.25) is 5.91 Å². The highest BCUT2D eigenvalue weighted by molar-refractivity contribution is 9.10. The van der Waals surface area contributed by atoms with Gasteiger partial charge in [-0.25, -0.2) is 8.42 Å². The number of benzene rings is 3. The summed E-state index contributed by atoms with van der Waals surface area (Å²) in [5.41, 5.74) is 2.33. The molecule has 4 rings (SSSR count). The first kappa shape index (κ1) is 21.1. The summed E-state index contributed by atoms with van der Waals surface area (Å²) in [6, 6.07) is 19.0. The van der Waals surface area contributed by atoms with E-state index in [0.29, 0.717) is 29.3 Å². The van der Waals surface area contributed by atoms with E-state index in [0.717, 1.165) is 14.3 Å². The lowest BCUT2D eigenvalue weighted by molar-refractivity contribution is -0.114. The van der Waals surface area contributed by atoms with Crippen LogP contribution in [0.1, 0.15) is 0 Å². The van der Waals surface area contributed by atoms with Crippen molar-refractivity contribution in [1.29, 1.82) is 0 Å². The first-order valence-electron chi connectivity index (χ1n) is 9.45. The normalized spacial score (nSPS) is 13.6. The number of hydrogen-bond donors (Lipinski definition) is 1. The van der Waals surface area contributed by atoms with Crippen LogP contribution in [-0.4, -0.2) is 27.5 Å². The van der Waals surface area contributed by atoms with E-state index in [1.165, 1.54) is 0 Å². The van der Waals surface area contributed by atoms with E-state index in [4.69, 9.17) is 4.74 Å². The van der Waals surface area contributed by atoms with Crippen molar-refractivity contribution in [3.8, 4) is 16.9 Å². The van der Waals surface area contributed by atoms with Gasteiger partial charge >= 0.3 is 0 Å². The van der Waals surface area contributed by atoms with E-state index in [1.54, 1.807) is 66.7 Å². The Hall–Kier alpha value is -3.10. The molecule has 0 spiro atoms. The van der Waals surface area contributed by atoms with Crippen molar-refractivity contribution in [1.82, 2.24) is 0 Å². The summed E-state index contributed by atoms with van der Waals surface area (Å²) in [7, 11) is -3.90. The Bertz CT molecular complexity index is 1270. The van der Waals surface area contributed by atoms with E-state index >= 15 is 0 Å². The average Bonchev–Trinajstić information content (AvgIpc) is 2.76. The molecule has 31 heavy (non-hydrogen) atoms. The Morgan fingerprint density at radius 3 is 2.68 bits per heavy atom. The molecule has 1 aliphatic heterocycles. The number of amides is 1. The van der Waals surface area contributed by atoms with Gasteiger partial charge in [0.05, 0.1) is 10.6 Å². The van der Waals surface area contributed by atoms with Crippen LogP contribution in [-0.2, 0) is 14.8 Å². The number of nitrogens with zero attached hydrogens (tertiary/aromatic N) is 1. The quantitative estimate of drug-likeness (QED) is 0.493. The van der Waals surface area contributed by atoms with Crippen LogP contribution < -0.4 is 14.4 Å². The molecule has 0 aliphatic carbocycles. The number of hydrogen-bond acceptors (Lipinski definition) is 4. The molecule has 8 heteroatoms. The maximum atomic E-state index is 13.3. The third-order valence-electron chi connectivity index (χ3n) is 4.75. The summed E-state index contributed by atoms with van der Waals surface area (Å²) in [6.45, 7) is 3.59. The minimum absolute atomic E-state index is 0.174. The predicted octanol–water partition coefficient (Wildman–Crippen LogP) is 4.83. The molecule has 1 aliphatic rings. The first-order valence-corrected chi connectivity index (χ1v) is 11.7. The van der Waals surface area contributed by atoms with Gasteiger partial charge in [-0.3, -0.25) is 9.10 Å². The molecule has 0 saturated heterocycles. The second-order valence-electron chi connectivity index (χ2n) is 6.84. The molecular weight excluding hydrogens is 480 g/mol. The third-order valence-corrected chi connectivity index (χ3v) is 7.06. The smallest absolute Gasteiger partial charge is 0.265 e. The topological polar surface area (TPSA) is 75.7 Å². The molecule has 158 valence electrons. The van der Waals surface area contributed by atoms with Crippen molar-refractivity contribution < 1.29 is 17.9 Å². The van der Waals surface area contributed by atoms with Gasteiger partial charge in [0.25, 0.3) is 10.0 Å². The minimum atomic E-state index is -3.90. The SMILES string of the molecule is C=CCOc1cccc(NC(=O)CN2c3ccc(Br)cc3-c3ccccc3S2(=O)=O)c1. The van der Waals surface area contributed by atoms with Crippen LogP contribution in [0, 0.1) is 0 Å². The maximum absolute atomic E-state index is 13.3. The number of ether oxygens (including phenoxy) is 1. The Labute approximate surface area is 189 Å². The summed E-state index contributed by atoms with van der Waals surface area (Å²) in [4.78, 5) is 13.0. The molecule has 0 radical (unpaired) electrons. The van der Waals surface area contributed by atoms with Crippen LogP contribution in [0.3, 0.4) is 0 Å². The zero-order chi connectivity index (χ0) is 22.0. The fourth-order valence-corrected chi connectivity index (χ4v) is 5.43. The van der Waals surface area contributed by atoms with Gasteiger partial charge in [0.15, 0.2) is 0 Å². The van der Waals surface area contributed by atoms with E-state index in [1.807, 2.05) is 6.07 Å². The lowest BCUT2D eigenvalue weighted by Crippen LogP contribution is -2.40. The van der Waals surface area contributed by atoms with Crippen LogP contribution >= 0.6 is 15.9 Å². The lowest BCUT2D eigenvalue weighted by atomic mass is 10.0. The van der Waals surface area contributed by atoms with Crippen molar-refractivity contribution in [3.05, 3.63) is 83.9 Å². The number of carbonyl (C=O) groups is 1. The summed E-state index contributed by atoms with van der Waals surface area (Å²) in [5.74, 6) is 0.116. The fraction of sp³-hybridized carbons (Fsp3) is 0.0870. The maximum Gasteiger partial charge on any atom is 0.265 e. The van der Waals surface area contributed by atoms with Crippen LogP contribution in [0.15, 0.2) is 88.8 Å². The molecule has 1 heterocycles. The van der Waals surface area contributed by atoms with Crippen molar-refractivity contribution in [2.24, 2.45) is 0 Å². The van der Waals surface area contributed by atoms with Gasteiger partial charge in [0, 0.05) is 27.4 Å². The molecule has 0 fully saturated rings. The number of anilines is 2. The molecule has 0 atom stereocenters. The zero-order valence-corrected chi connectivity index (χ0v) is 18.8. The highest BCUT2D eigenvalue weighted by Crippen LogP contribution is 2.43. The molecule has 0 unspecified atom stereocenters. The molecule has 0 saturated carbocycles. The summed E-state index contributed by atoms with van der Waals surface area (Å²) < 4.78 is 34.1. The van der Waals surface area contributed by atoms with Gasteiger partial charge in [-0.15, -0.1) is 0 Å². The van der Waals surface area contributed by atoms with Crippen LogP contribution in [0.4, 0.5) is 11.4 Å². The number of sulfonamides is 1. The van der Waals surface area contributed by atoms with Gasteiger partial charge in [-0.05, 0) is 36.4 Å². The fourth-order valence-electron chi connectivity index (χ4n) is 3.42. The minimum Gasteiger partial charge on any atom is -0.489 e. The predicted molar refractivity (Wildman–Crippen MR) is 125 cm³/mol. The van der Waals surface area contributed by atoms with Crippen molar-refractivity contribution in [3.63, 3.8) is 0 Å². The Balaban J connectivity index is 1.64. The number of fused-ring (bicyclic) bond motifs is 3. The van der Waals surface area contributed by atoms with Crippen molar-refractivity contribution >= 4 is 43.2 Å². The van der Waals surface area contributed by atoms with E-state index in [9.17, 15) is 13.2 Å². The van der Waals surface area contributed by atoms with Gasteiger partial charge < -0.3 is 10.1 Å². The van der Waals surface area contributed by atoms with E-state index in [2.05, 4.69) is 27.8 Å². The Kier molecular flexibility index (Phi) is 5.84. The van der Waals surface area contributed by atoms with Crippen LogP contribution in [0.5, 0.6) is 5.75 Å². The molecule has 6 nitrogen and oxygen atoms in total. The highest BCUT2D eigenvalue weighted by atomic mass is 79.9. The van der Waals surface area contributed by atoms with Crippen LogP contribution in [0.2, 0.25) is 0 Å². The Morgan fingerprint density at radius 1 is 1.06 bits per heavy atom. The van der Waals surface area contributed by atoms with Gasteiger partial charge in [-0.1, -0.05) is 52.9 Å². The number of halogens is 1.